The summed E-state index contributed by atoms with van der Waals surface area (Å²) in [6, 6.07) is 3.11. The van der Waals surface area contributed by atoms with Crippen LogP contribution in [0.5, 0.6) is 0 Å². The third-order valence-electron chi connectivity index (χ3n) is 2.74. The van der Waals surface area contributed by atoms with E-state index in [1.807, 2.05) is 6.92 Å². The van der Waals surface area contributed by atoms with Gasteiger partial charge in [0, 0.05) is 12.7 Å². The van der Waals surface area contributed by atoms with Crippen molar-refractivity contribution in [2.75, 3.05) is 24.3 Å². The Balaban J connectivity index is 2.83. The van der Waals surface area contributed by atoms with Crippen LogP contribution in [-0.4, -0.2) is 19.3 Å². The van der Waals surface area contributed by atoms with Crippen molar-refractivity contribution < 1.29 is 9.13 Å². The van der Waals surface area contributed by atoms with Crippen molar-refractivity contribution in [3.8, 4) is 0 Å². The van der Waals surface area contributed by atoms with E-state index in [0.717, 1.165) is 5.69 Å². The molecule has 18 heavy (non-hydrogen) atoms. The number of hydrogen-bond donors (Lipinski definition) is 2. The maximum Gasteiger partial charge on any atom is 0.139 e. The molecule has 0 fully saturated rings. The van der Waals surface area contributed by atoms with Gasteiger partial charge in [0.25, 0.3) is 0 Å². The molecule has 0 spiro atoms. The summed E-state index contributed by atoms with van der Waals surface area (Å²) in [5, 5.41) is 3.30. The molecule has 0 aliphatic heterocycles. The summed E-state index contributed by atoms with van der Waals surface area (Å²) in [7, 11) is 0. The third kappa shape index (κ3) is 4.14. The second-order valence-electron chi connectivity index (χ2n) is 4.51. The number of halogens is 2. The van der Waals surface area contributed by atoms with Crippen molar-refractivity contribution in [2.24, 2.45) is 5.92 Å². The van der Waals surface area contributed by atoms with Gasteiger partial charge >= 0.3 is 0 Å². The van der Waals surface area contributed by atoms with Gasteiger partial charge in [-0.15, -0.1) is 0 Å². The lowest BCUT2D eigenvalue weighted by molar-refractivity contribution is 0.127. The lowest BCUT2D eigenvalue weighted by Gasteiger charge is -2.24. The molecule has 0 bridgehead atoms. The molecule has 0 aromatic heterocycles. The van der Waals surface area contributed by atoms with Crippen molar-refractivity contribution in [1.82, 2.24) is 0 Å². The van der Waals surface area contributed by atoms with Crippen molar-refractivity contribution >= 4 is 27.3 Å². The molecule has 0 saturated carbocycles. The summed E-state index contributed by atoms with van der Waals surface area (Å²) in [6.45, 7) is 7.44. The van der Waals surface area contributed by atoms with Gasteiger partial charge in [0.15, 0.2) is 0 Å². The summed E-state index contributed by atoms with van der Waals surface area (Å²) in [6.07, 6.45) is 0. The van der Waals surface area contributed by atoms with Gasteiger partial charge in [-0.2, -0.15) is 0 Å². The predicted molar refractivity (Wildman–Crippen MR) is 77.3 cm³/mol. The third-order valence-corrected chi connectivity index (χ3v) is 3.35. The molecule has 0 aliphatic rings. The van der Waals surface area contributed by atoms with Crippen LogP contribution < -0.4 is 11.1 Å². The van der Waals surface area contributed by atoms with Crippen LogP contribution in [-0.2, 0) is 4.74 Å². The molecule has 0 saturated heterocycles. The summed E-state index contributed by atoms with van der Waals surface area (Å²) in [5.41, 5.74) is 6.93. The van der Waals surface area contributed by atoms with Crippen LogP contribution in [0.2, 0.25) is 0 Å². The SMILES string of the molecule is CCOCC(Nc1cc(Br)c(F)cc1N)C(C)C. The van der Waals surface area contributed by atoms with Crippen LogP contribution in [0, 0.1) is 11.7 Å². The van der Waals surface area contributed by atoms with Crippen LogP contribution >= 0.6 is 15.9 Å². The maximum atomic E-state index is 13.3. The summed E-state index contributed by atoms with van der Waals surface area (Å²) < 4.78 is 19.1. The lowest BCUT2D eigenvalue weighted by Crippen LogP contribution is -2.31. The van der Waals surface area contributed by atoms with E-state index in [9.17, 15) is 4.39 Å². The van der Waals surface area contributed by atoms with Gasteiger partial charge in [0.05, 0.1) is 28.5 Å². The van der Waals surface area contributed by atoms with Crippen LogP contribution in [0.3, 0.4) is 0 Å². The highest BCUT2D eigenvalue weighted by Gasteiger charge is 2.15. The molecule has 1 atom stereocenters. The Hall–Kier alpha value is -0.810. The highest BCUT2D eigenvalue weighted by molar-refractivity contribution is 9.10. The van der Waals surface area contributed by atoms with Gasteiger partial charge in [0.2, 0.25) is 0 Å². The van der Waals surface area contributed by atoms with Crippen molar-refractivity contribution in [3.63, 3.8) is 0 Å². The molecular weight excluding hydrogens is 299 g/mol. The first kappa shape index (κ1) is 15.2. The number of hydrogen-bond acceptors (Lipinski definition) is 3. The zero-order valence-electron chi connectivity index (χ0n) is 11.0. The number of nitrogen functional groups attached to an aromatic ring is 1. The average molecular weight is 319 g/mol. The minimum Gasteiger partial charge on any atom is -0.397 e. The Morgan fingerprint density at radius 3 is 2.67 bits per heavy atom. The molecule has 0 radical (unpaired) electrons. The second kappa shape index (κ2) is 6.95. The Kier molecular flexibility index (Phi) is 5.88. The van der Waals surface area contributed by atoms with Crippen LogP contribution in [0.25, 0.3) is 0 Å². The number of ether oxygens (including phenoxy) is 1. The van der Waals surface area contributed by atoms with Crippen molar-refractivity contribution in [1.29, 1.82) is 0 Å². The van der Waals surface area contributed by atoms with Gasteiger partial charge < -0.3 is 15.8 Å². The van der Waals surface area contributed by atoms with E-state index in [4.69, 9.17) is 10.5 Å². The maximum absolute atomic E-state index is 13.3. The Morgan fingerprint density at radius 2 is 2.11 bits per heavy atom. The molecule has 3 nitrogen and oxygen atoms in total. The van der Waals surface area contributed by atoms with E-state index in [0.29, 0.717) is 29.3 Å². The van der Waals surface area contributed by atoms with Gasteiger partial charge in [-0.25, -0.2) is 4.39 Å². The van der Waals surface area contributed by atoms with E-state index in [1.165, 1.54) is 6.07 Å². The largest absolute Gasteiger partial charge is 0.397 e. The molecule has 0 heterocycles. The first-order chi connectivity index (χ1) is 8.45. The van der Waals surface area contributed by atoms with Crippen LogP contribution in [0.15, 0.2) is 16.6 Å². The molecular formula is C13H20BrFN2O. The van der Waals surface area contributed by atoms with E-state index in [1.54, 1.807) is 6.07 Å². The molecule has 3 N–H and O–H groups in total. The van der Waals surface area contributed by atoms with Gasteiger partial charge in [-0.1, -0.05) is 13.8 Å². The molecule has 102 valence electrons. The molecule has 1 rings (SSSR count). The van der Waals surface area contributed by atoms with Crippen LogP contribution in [0.1, 0.15) is 20.8 Å². The summed E-state index contributed by atoms with van der Waals surface area (Å²) in [5.74, 6) is 0.0312. The van der Waals surface area contributed by atoms with E-state index in [-0.39, 0.29) is 11.9 Å². The quantitative estimate of drug-likeness (QED) is 0.787. The zero-order chi connectivity index (χ0) is 13.7. The number of nitrogens with one attached hydrogen (secondary N) is 1. The number of anilines is 2. The molecule has 1 unspecified atom stereocenters. The fourth-order valence-corrected chi connectivity index (χ4v) is 1.88. The van der Waals surface area contributed by atoms with Crippen molar-refractivity contribution in [3.05, 3.63) is 22.4 Å². The molecule has 0 aliphatic carbocycles. The Bertz CT molecular complexity index is 399. The first-order valence-electron chi connectivity index (χ1n) is 6.04. The molecule has 5 heteroatoms. The monoisotopic (exact) mass is 318 g/mol. The number of nitrogens with two attached hydrogens (primary N) is 1. The lowest BCUT2D eigenvalue weighted by atomic mass is 10.0. The fourth-order valence-electron chi connectivity index (χ4n) is 1.53. The normalized spacial score (nSPS) is 12.8. The Morgan fingerprint density at radius 1 is 1.44 bits per heavy atom. The Labute approximate surface area is 116 Å². The van der Waals surface area contributed by atoms with Crippen LogP contribution in [0.4, 0.5) is 15.8 Å². The summed E-state index contributed by atoms with van der Waals surface area (Å²) in [4.78, 5) is 0. The smallest absolute Gasteiger partial charge is 0.139 e. The van der Waals surface area contributed by atoms with E-state index < -0.39 is 0 Å². The first-order valence-corrected chi connectivity index (χ1v) is 6.83. The predicted octanol–water partition coefficient (Wildman–Crippen LogP) is 3.64. The minimum atomic E-state index is -0.357. The van der Waals surface area contributed by atoms with E-state index in [2.05, 4.69) is 35.1 Å². The topological polar surface area (TPSA) is 47.3 Å². The standard InChI is InChI=1S/C13H20BrFN2O/c1-4-18-7-13(8(2)3)17-12-5-9(14)10(15)6-11(12)16/h5-6,8,13,17H,4,7,16H2,1-3H3. The summed E-state index contributed by atoms with van der Waals surface area (Å²) >= 11 is 3.16. The average Bonchev–Trinajstić information content (AvgIpc) is 2.30. The second-order valence-corrected chi connectivity index (χ2v) is 5.36. The van der Waals surface area contributed by atoms with Crippen molar-refractivity contribution in [2.45, 2.75) is 26.8 Å². The number of rotatable bonds is 6. The number of benzene rings is 1. The highest BCUT2D eigenvalue weighted by Crippen LogP contribution is 2.27. The fraction of sp³-hybridized carbons (Fsp3) is 0.538. The zero-order valence-corrected chi connectivity index (χ0v) is 12.6. The molecule has 1 aromatic rings. The minimum absolute atomic E-state index is 0.143. The highest BCUT2D eigenvalue weighted by atomic mass is 79.9. The van der Waals surface area contributed by atoms with Gasteiger partial charge in [-0.3, -0.25) is 0 Å². The molecule has 0 amide bonds. The van der Waals surface area contributed by atoms with E-state index >= 15 is 0 Å². The van der Waals surface area contributed by atoms with Gasteiger partial charge in [0.1, 0.15) is 5.82 Å². The molecule has 1 aromatic carbocycles. The van der Waals surface area contributed by atoms with Gasteiger partial charge in [-0.05, 0) is 34.8 Å².